The Morgan fingerprint density at radius 2 is 2.17 bits per heavy atom. The highest BCUT2D eigenvalue weighted by molar-refractivity contribution is 8.00. The van der Waals surface area contributed by atoms with Gasteiger partial charge >= 0.3 is 0 Å². The van der Waals surface area contributed by atoms with Crippen molar-refractivity contribution in [2.75, 3.05) is 39.5 Å². The van der Waals surface area contributed by atoms with Crippen LogP contribution in [0.5, 0.6) is 11.5 Å². The number of hydrogen-bond acceptors (Lipinski definition) is 4. The Labute approximate surface area is 149 Å². The SMILES string of the molecule is CCC1CN(C(=NC)NCC(C)Oc2ccccc2OC)CCS1. The minimum atomic E-state index is 0.0131. The number of benzene rings is 1. The van der Waals surface area contributed by atoms with Crippen molar-refractivity contribution < 1.29 is 9.47 Å². The predicted octanol–water partition coefficient (Wildman–Crippen LogP) is 2.87. The molecule has 1 fully saturated rings. The van der Waals surface area contributed by atoms with Crippen LogP contribution in [0.25, 0.3) is 0 Å². The number of thioether (sulfide) groups is 1. The maximum atomic E-state index is 6.00. The van der Waals surface area contributed by atoms with Crippen molar-refractivity contribution in [1.29, 1.82) is 0 Å². The van der Waals surface area contributed by atoms with Crippen LogP contribution in [0.3, 0.4) is 0 Å². The van der Waals surface area contributed by atoms with Gasteiger partial charge in [0.1, 0.15) is 6.10 Å². The Morgan fingerprint density at radius 1 is 1.42 bits per heavy atom. The molecule has 1 N–H and O–H groups in total. The summed E-state index contributed by atoms with van der Waals surface area (Å²) in [6.45, 7) is 7.10. The maximum absolute atomic E-state index is 6.00. The predicted molar refractivity (Wildman–Crippen MR) is 103 cm³/mol. The van der Waals surface area contributed by atoms with Gasteiger partial charge in [-0.05, 0) is 25.5 Å². The summed E-state index contributed by atoms with van der Waals surface area (Å²) in [5, 5.41) is 4.14. The first kappa shape index (κ1) is 18.8. The normalized spacial score (nSPS) is 19.8. The summed E-state index contributed by atoms with van der Waals surface area (Å²) in [5.41, 5.74) is 0. The summed E-state index contributed by atoms with van der Waals surface area (Å²) in [5.74, 6) is 3.65. The molecule has 0 spiro atoms. The largest absolute Gasteiger partial charge is 0.493 e. The monoisotopic (exact) mass is 351 g/mol. The lowest BCUT2D eigenvalue weighted by Gasteiger charge is -2.34. The van der Waals surface area contributed by atoms with E-state index in [1.54, 1.807) is 7.11 Å². The number of guanidine groups is 1. The quantitative estimate of drug-likeness (QED) is 0.631. The van der Waals surface area contributed by atoms with Crippen molar-refractivity contribution in [2.24, 2.45) is 4.99 Å². The Hall–Kier alpha value is -1.56. The molecule has 0 radical (unpaired) electrons. The van der Waals surface area contributed by atoms with Crippen molar-refractivity contribution >= 4 is 17.7 Å². The second-order valence-electron chi connectivity index (χ2n) is 5.85. The molecule has 0 amide bonds. The van der Waals surface area contributed by atoms with E-state index in [0.29, 0.717) is 11.8 Å². The van der Waals surface area contributed by atoms with E-state index in [-0.39, 0.29) is 6.10 Å². The lowest BCUT2D eigenvalue weighted by molar-refractivity contribution is 0.212. The van der Waals surface area contributed by atoms with Gasteiger partial charge in [0.25, 0.3) is 0 Å². The fraction of sp³-hybridized carbons (Fsp3) is 0.611. The molecular formula is C18H29N3O2S. The second-order valence-corrected chi connectivity index (χ2v) is 7.26. The van der Waals surface area contributed by atoms with Gasteiger partial charge in [0.05, 0.1) is 13.7 Å². The molecule has 1 heterocycles. The summed E-state index contributed by atoms with van der Waals surface area (Å²) in [4.78, 5) is 6.78. The summed E-state index contributed by atoms with van der Waals surface area (Å²) in [6, 6.07) is 7.73. The average Bonchev–Trinajstić information content (AvgIpc) is 2.63. The Morgan fingerprint density at radius 3 is 2.83 bits per heavy atom. The van der Waals surface area contributed by atoms with E-state index < -0.39 is 0 Å². The van der Waals surface area contributed by atoms with Crippen molar-refractivity contribution in [3.63, 3.8) is 0 Å². The molecule has 24 heavy (non-hydrogen) atoms. The van der Waals surface area contributed by atoms with Crippen molar-refractivity contribution in [3.05, 3.63) is 24.3 Å². The van der Waals surface area contributed by atoms with E-state index >= 15 is 0 Å². The molecule has 1 saturated heterocycles. The van der Waals surface area contributed by atoms with Crippen LogP contribution in [-0.2, 0) is 0 Å². The Bertz CT molecular complexity index is 539. The standard InChI is InChI=1S/C18H29N3O2S/c1-5-15-13-21(10-11-24-15)18(19-3)20-12-14(2)23-17-9-7-6-8-16(17)22-4/h6-9,14-15H,5,10-13H2,1-4H3,(H,19,20). The average molecular weight is 352 g/mol. The molecule has 1 aromatic carbocycles. The number of para-hydroxylation sites is 2. The fourth-order valence-corrected chi connectivity index (χ4v) is 3.88. The zero-order valence-electron chi connectivity index (χ0n) is 15.1. The molecule has 0 aromatic heterocycles. The molecular weight excluding hydrogens is 322 g/mol. The first-order valence-corrected chi connectivity index (χ1v) is 9.59. The van der Waals surface area contributed by atoms with Crippen LogP contribution in [-0.4, -0.2) is 61.8 Å². The van der Waals surface area contributed by atoms with Crippen LogP contribution in [0.4, 0.5) is 0 Å². The number of ether oxygens (including phenoxy) is 2. The van der Waals surface area contributed by atoms with Gasteiger partial charge in [-0.15, -0.1) is 0 Å². The molecule has 2 rings (SSSR count). The minimum Gasteiger partial charge on any atom is -0.493 e. The highest BCUT2D eigenvalue weighted by atomic mass is 32.2. The first-order valence-electron chi connectivity index (χ1n) is 8.54. The van der Waals surface area contributed by atoms with E-state index in [9.17, 15) is 0 Å². The second kappa shape index (κ2) is 9.67. The van der Waals surface area contributed by atoms with Crippen LogP contribution < -0.4 is 14.8 Å². The zero-order valence-corrected chi connectivity index (χ0v) is 15.9. The van der Waals surface area contributed by atoms with Gasteiger partial charge in [0.15, 0.2) is 17.5 Å². The molecule has 1 aliphatic rings. The number of nitrogens with zero attached hydrogens (tertiary/aromatic N) is 2. The number of methoxy groups -OCH3 is 1. The summed E-state index contributed by atoms with van der Waals surface area (Å²) >= 11 is 2.06. The van der Waals surface area contributed by atoms with Crippen molar-refractivity contribution in [1.82, 2.24) is 10.2 Å². The molecule has 5 nitrogen and oxygen atoms in total. The van der Waals surface area contributed by atoms with E-state index in [4.69, 9.17) is 9.47 Å². The van der Waals surface area contributed by atoms with Crippen LogP contribution >= 0.6 is 11.8 Å². The smallest absolute Gasteiger partial charge is 0.193 e. The molecule has 0 aliphatic carbocycles. The van der Waals surface area contributed by atoms with Crippen molar-refractivity contribution in [2.45, 2.75) is 31.6 Å². The Balaban J connectivity index is 1.86. The first-order chi connectivity index (χ1) is 11.7. The lowest BCUT2D eigenvalue weighted by atomic mass is 10.3. The van der Waals surface area contributed by atoms with E-state index in [1.165, 1.54) is 6.42 Å². The molecule has 2 unspecified atom stereocenters. The molecule has 1 aliphatic heterocycles. The number of aliphatic imine (C=N–C) groups is 1. The minimum absolute atomic E-state index is 0.0131. The fourth-order valence-electron chi connectivity index (χ4n) is 2.70. The van der Waals surface area contributed by atoms with Gasteiger partial charge in [-0.3, -0.25) is 4.99 Å². The van der Waals surface area contributed by atoms with E-state index in [0.717, 1.165) is 36.3 Å². The third-order valence-electron chi connectivity index (χ3n) is 4.05. The third kappa shape index (κ3) is 5.23. The van der Waals surface area contributed by atoms with E-state index in [1.807, 2.05) is 38.2 Å². The van der Waals surface area contributed by atoms with Gasteiger partial charge in [-0.2, -0.15) is 11.8 Å². The number of rotatable bonds is 6. The molecule has 1 aromatic rings. The zero-order chi connectivity index (χ0) is 17.4. The van der Waals surface area contributed by atoms with Gasteiger partial charge in [-0.25, -0.2) is 0 Å². The van der Waals surface area contributed by atoms with Gasteiger partial charge in [0.2, 0.25) is 0 Å². The van der Waals surface area contributed by atoms with Crippen molar-refractivity contribution in [3.8, 4) is 11.5 Å². The van der Waals surface area contributed by atoms with E-state index in [2.05, 4.69) is 33.9 Å². The topological polar surface area (TPSA) is 46.1 Å². The molecule has 0 bridgehead atoms. The Kier molecular flexibility index (Phi) is 7.56. The van der Waals surface area contributed by atoms with Crippen LogP contribution in [0.2, 0.25) is 0 Å². The van der Waals surface area contributed by atoms with Gasteiger partial charge in [-0.1, -0.05) is 19.1 Å². The van der Waals surface area contributed by atoms with Gasteiger partial charge < -0.3 is 19.7 Å². The molecule has 2 atom stereocenters. The summed E-state index contributed by atoms with van der Waals surface area (Å²) < 4.78 is 11.3. The number of nitrogens with one attached hydrogen (secondary N) is 1. The molecule has 0 saturated carbocycles. The highest BCUT2D eigenvalue weighted by Crippen LogP contribution is 2.26. The number of hydrogen-bond donors (Lipinski definition) is 1. The summed E-state index contributed by atoms with van der Waals surface area (Å²) in [7, 11) is 3.50. The maximum Gasteiger partial charge on any atom is 0.193 e. The summed E-state index contributed by atoms with van der Waals surface area (Å²) in [6.07, 6.45) is 1.21. The highest BCUT2D eigenvalue weighted by Gasteiger charge is 2.21. The van der Waals surface area contributed by atoms with Crippen LogP contribution in [0, 0.1) is 0 Å². The third-order valence-corrected chi connectivity index (χ3v) is 5.42. The molecule has 6 heteroatoms. The molecule has 134 valence electrons. The lowest BCUT2D eigenvalue weighted by Crippen LogP contribution is -2.49. The van der Waals surface area contributed by atoms with Crippen LogP contribution in [0.1, 0.15) is 20.3 Å². The van der Waals surface area contributed by atoms with Crippen LogP contribution in [0.15, 0.2) is 29.3 Å². The van der Waals surface area contributed by atoms with Gasteiger partial charge in [0, 0.05) is 31.1 Å².